The number of carbonyl (C=O) groups excluding carboxylic acids is 2. The number of amides is 1. The molecule has 0 aliphatic carbocycles. The smallest absolute Gasteiger partial charge is 0.329 e. The predicted octanol–water partition coefficient (Wildman–Crippen LogP) is 6.14. The van der Waals surface area contributed by atoms with Gasteiger partial charge in [0.05, 0.1) is 34.6 Å². The average molecular weight is 641 g/mol. The van der Waals surface area contributed by atoms with Crippen LogP contribution in [0, 0.1) is 0 Å². The number of anilines is 1. The Balaban J connectivity index is 1.52. The number of hydrogen-bond acceptors (Lipinski definition) is 6. The van der Waals surface area contributed by atoms with Crippen molar-refractivity contribution < 1.29 is 22.7 Å². The lowest BCUT2D eigenvalue weighted by atomic mass is 9.98. The molecular formula is C32H31Cl2N3O5S. The number of pyridine rings is 1. The molecule has 0 spiro atoms. The van der Waals surface area contributed by atoms with Crippen molar-refractivity contribution in [3.63, 3.8) is 0 Å². The Hall–Kier alpha value is -3.50. The maximum absolute atomic E-state index is 14.2. The number of fused-ring (bicyclic) bond motifs is 1. The molecule has 0 N–H and O–H groups in total. The summed E-state index contributed by atoms with van der Waals surface area (Å²) in [7, 11) is -2.38. The number of nitrogens with zero attached hydrogens (tertiary/aromatic N) is 3. The largest absolute Gasteiger partial charge is 0.467 e. The molecule has 0 saturated carbocycles. The van der Waals surface area contributed by atoms with Crippen molar-refractivity contribution in [3.8, 4) is 11.3 Å². The molecule has 11 heteroatoms. The van der Waals surface area contributed by atoms with Gasteiger partial charge in [0.25, 0.3) is 0 Å². The van der Waals surface area contributed by atoms with Crippen LogP contribution in [-0.4, -0.2) is 61.6 Å². The van der Waals surface area contributed by atoms with E-state index >= 15 is 0 Å². The molecule has 4 aromatic rings. The topological polar surface area (TPSA) is 96.9 Å². The second-order valence-electron chi connectivity index (χ2n) is 10.5. The lowest BCUT2D eigenvalue weighted by Gasteiger charge is -2.38. The van der Waals surface area contributed by atoms with E-state index in [1.807, 2.05) is 36.4 Å². The molecule has 3 aromatic carbocycles. The summed E-state index contributed by atoms with van der Waals surface area (Å²) in [5.41, 5.74) is 3.22. The summed E-state index contributed by atoms with van der Waals surface area (Å²) < 4.78 is 31.7. The zero-order chi connectivity index (χ0) is 30.7. The van der Waals surface area contributed by atoms with Gasteiger partial charge in [-0.25, -0.2) is 18.2 Å². The van der Waals surface area contributed by atoms with Crippen LogP contribution in [0.5, 0.6) is 0 Å². The number of ether oxygens (including phenoxy) is 1. The van der Waals surface area contributed by atoms with Crippen molar-refractivity contribution >= 4 is 61.7 Å². The molecule has 43 heavy (non-hydrogen) atoms. The number of halogens is 2. The number of hydrogen-bond donors (Lipinski definition) is 0. The molecule has 1 saturated heterocycles. The van der Waals surface area contributed by atoms with Crippen LogP contribution in [0.1, 0.15) is 24.8 Å². The lowest BCUT2D eigenvalue weighted by molar-refractivity contribution is -0.143. The van der Waals surface area contributed by atoms with Gasteiger partial charge in [-0.05, 0) is 60.9 Å². The third-order valence-electron chi connectivity index (χ3n) is 7.62. The number of benzene rings is 3. The normalized spacial score (nSPS) is 16.5. The molecule has 2 atom stereocenters. The van der Waals surface area contributed by atoms with Gasteiger partial charge in [0, 0.05) is 29.6 Å². The minimum Gasteiger partial charge on any atom is -0.467 e. The minimum atomic E-state index is -3.65. The first-order valence-electron chi connectivity index (χ1n) is 13.9. The first-order valence-corrected chi connectivity index (χ1v) is 16.5. The van der Waals surface area contributed by atoms with Crippen LogP contribution in [0.25, 0.3) is 22.2 Å². The second-order valence-corrected chi connectivity index (χ2v) is 13.2. The van der Waals surface area contributed by atoms with E-state index in [9.17, 15) is 18.0 Å². The number of piperidine rings is 1. The number of para-hydroxylation sites is 1. The number of methoxy groups -OCH3 is 1. The Labute approximate surface area is 261 Å². The molecule has 224 valence electrons. The van der Waals surface area contributed by atoms with Gasteiger partial charge in [0.15, 0.2) is 0 Å². The number of esters is 1. The van der Waals surface area contributed by atoms with Crippen LogP contribution >= 0.6 is 23.2 Å². The highest BCUT2D eigenvalue weighted by molar-refractivity contribution is 7.88. The van der Waals surface area contributed by atoms with Crippen molar-refractivity contribution in [2.75, 3.05) is 24.8 Å². The molecule has 0 unspecified atom stereocenters. The Morgan fingerprint density at radius 2 is 1.72 bits per heavy atom. The van der Waals surface area contributed by atoms with Crippen LogP contribution in [0.15, 0.2) is 78.9 Å². The maximum Gasteiger partial charge on any atom is 0.329 e. The fraction of sp³-hybridized carbons (Fsp3) is 0.281. The Morgan fingerprint density at radius 3 is 2.40 bits per heavy atom. The van der Waals surface area contributed by atoms with Crippen LogP contribution in [0.3, 0.4) is 0 Å². The highest BCUT2D eigenvalue weighted by Crippen LogP contribution is 2.34. The van der Waals surface area contributed by atoms with Crippen LogP contribution in [-0.2, 0) is 30.8 Å². The quantitative estimate of drug-likeness (QED) is 0.215. The molecule has 1 fully saturated rings. The average Bonchev–Trinajstić information content (AvgIpc) is 3.00. The van der Waals surface area contributed by atoms with Crippen LogP contribution in [0.4, 0.5) is 5.69 Å². The molecular weight excluding hydrogens is 609 g/mol. The van der Waals surface area contributed by atoms with E-state index in [-0.39, 0.29) is 13.0 Å². The zero-order valence-corrected chi connectivity index (χ0v) is 26.1. The van der Waals surface area contributed by atoms with Crippen molar-refractivity contribution in [3.05, 3.63) is 94.5 Å². The van der Waals surface area contributed by atoms with E-state index in [0.717, 1.165) is 17.2 Å². The number of carbonyl (C=O) groups is 2. The van der Waals surface area contributed by atoms with E-state index in [0.29, 0.717) is 51.8 Å². The van der Waals surface area contributed by atoms with Gasteiger partial charge in [-0.1, -0.05) is 66.0 Å². The fourth-order valence-electron chi connectivity index (χ4n) is 5.58. The Morgan fingerprint density at radius 1 is 1.00 bits per heavy atom. The second kappa shape index (κ2) is 13.0. The third-order valence-corrected chi connectivity index (χ3v) is 9.54. The summed E-state index contributed by atoms with van der Waals surface area (Å²) in [4.78, 5) is 33.7. The molecule has 5 rings (SSSR count). The minimum absolute atomic E-state index is 0.132. The number of rotatable bonds is 8. The molecule has 0 radical (unpaired) electrons. The van der Waals surface area contributed by atoms with Gasteiger partial charge in [-0.15, -0.1) is 0 Å². The first-order chi connectivity index (χ1) is 20.6. The van der Waals surface area contributed by atoms with E-state index < -0.39 is 34.0 Å². The summed E-state index contributed by atoms with van der Waals surface area (Å²) >= 11 is 12.8. The summed E-state index contributed by atoms with van der Waals surface area (Å²) in [6.45, 7) is 0.250. The Kier molecular flexibility index (Phi) is 9.36. The van der Waals surface area contributed by atoms with Gasteiger partial charge in [-0.3, -0.25) is 9.69 Å². The summed E-state index contributed by atoms with van der Waals surface area (Å²) in [5.74, 6) is -1.07. The number of sulfonamides is 1. The van der Waals surface area contributed by atoms with Crippen molar-refractivity contribution in [1.82, 2.24) is 9.29 Å². The zero-order valence-electron chi connectivity index (χ0n) is 23.7. The molecule has 1 amide bonds. The summed E-state index contributed by atoms with van der Waals surface area (Å²) in [6.07, 6.45) is 2.97. The van der Waals surface area contributed by atoms with Gasteiger partial charge < -0.3 is 4.74 Å². The van der Waals surface area contributed by atoms with E-state index in [4.69, 9.17) is 32.9 Å². The van der Waals surface area contributed by atoms with Crippen molar-refractivity contribution in [1.29, 1.82) is 0 Å². The van der Waals surface area contributed by atoms with E-state index in [1.165, 1.54) is 16.3 Å². The highest BCUT2D eigenvalue weighted by Gasteiger charge is 2.41. The fourth-order valence-corrected chi connectivity index (χ4v) is 7.29. The molecule has 1 aromatic heterocycles. The molecule has 1 aliphatic rings. The first kappa shape index (κ1) is 30.9. The Bertz CT molecular complexity index is 1750. The van der Waals surface area contributed by atoms with Crippen LogP contribution < -0.4 is 4.90 Å². The SMILES string of the molecule is COC(=O)[C@H](Cc1ccc2nc(-c3c(Cl)cccc3Cl)ccc2c1)N(C(=O)[C@@H]1CCCCN1S(C)(=O)=O)c1ccccc1. The summed E-state index contributed by atoms with van der Waals surface area (Å²) in [5, 5.41) is 1.81. The summed E-state index contributed by atoms with van der Waals surface area (Å²) in [6, 6.07) is 21.5. The predicted molar refractivity (Wildman–Crippen MR) is 170 cm³/mol. The molecule has 1 aliphatic heterocycles. The highest BCUT2D eigenvalue weighted by atomic mass is 35.5. The van der Waals surface area contributed by atoms with Crippen molar-refractivity contribution in [2.45, 2.75) is 37.8 Å². The van der Waals surface area contributed by atoms with Gasteiger partial charge in [0.2, 0.25) is 15.9 Å². The van der Waals surface area contributed by atoms with Crippen LogP contribution in [0.2, 0.25) is 10.0 Å². The lowest BCUT2D eigenvalue weighted by Crippen LogP contribution is -2.57. The van der Waals surface area contributed by atoms with Gasteiger partial charge >= 0.3 is 5.97 Å². The monoisotopic (exact) mass is 639 g/mol. The van der Waals surface area contributed by atoms with Crippen molar-refractivity contribution in [2.24, 2.45) is 0 Å². The van der Waals surface area contributed by atoms with E-state index in [1.54, 1.807) is 42.5 Å². The molecule has 8 nitrogen and oxygen atoms in total. The van der Waals surface area contributed by atoms with E-state index in [2.05, 4.69) is 0 Å². The third kappa shape index (κ3) is 6.70. The van der Waals surface area contributed by atoms with Gasteiger partial charge in [-0.2, -0.15) is 4.31 Å². The van der Waals surface area contributed by atoms with Gasteiger partial charge in [0.1, 0.15) is 12.1 Å². The standard InChI is InChI=1S/C32H31Cl2N3O5S/c1-42-32(39)29(37(23-9-4-3-5-10-23)31(38)28-13-6-7-18-36(28)43(2,40)41)20-21-14-16-26-22(19-21)15-17-27(35-26)30-24(33)11-8-12-25(30)34/h3-5,8-12,14-17,19,28-29H,6-7,13,18,20H2,1-2H3/t28-,29-/m0/s1. The number of aromatic nitrogens is 1. The molecule has 2 heterocycles. The maximum atomic E-state index is 14.2. The molecule has 0 bridgehead atoms.